The van der Waals surface area contributed by atoms with Crippen LogP contribution in [0.4, 0.5) is 11.4 Å². The zero-order valence-electron chi connectivity index (χ0n) is 24.3. The Morgan fingerprint density at radius 1 is 0.886 bits per heavy atom. The van der Waals surface area contributed by atoms with E-state index < -0.39 is 33.5 Å². The molecular weight excluding hydrogens is 604 g/mol. The van der Waals surface area contributed by atoms with Gasteiger partial charge < -0.3 is 20.3 Å². The third kappa shape index (κ3) is 6.93. The normalized spacial score (nSPS) is 19.3. The summed E-state index contributed by atoms with van der Waals surface area (Å²) in [6.45, 7) is 0. The summed E-state index contributed by atoms with van der Waals surface area (Å²) in [6.07, 6.45) is 2.42. The fraction of sp³-hybridized carbons (Fsp3) is 0.333. The van der Waals surface area contributed by atoms with Gasteiger partial charge in [-0.25, -0.2) is 8.42 Å². The summed E-state index contributed by atoms with van der Waals surface area (Å²) in [5, 5.41) is 21.2. The van der Waals surface area contributed by atoms with Gasteiger partial charge in [-0.3, -0.25) is 13.9 Å². The van der Waals surface area contributed by atoms with Crippen molar-refractivity contribution in [1.29, 1.82) is 0 Å². The number of sulfonamides is 1. The molecule has 0 radical (unpaired) electrons. The third-order valence-corrected chi connectivity index (χ3v) is 10.6. The first-order valence-corrected chi connectivity index (χ1v) is 16.5. The number of rotatable bonds is 13. The monoisotopic (exact) mass is 638 g/mol. The number of aliphatic carboxylic acids is 1. The molecule has 1 fully saturated rings. The molecule has 3 unspecified atom stereocenters. The van der Waals surface area contributed by atoms with Crippen LogP contribution in [-0.2, 0) is 24.3 Å². The number of nitrogens with zero attached hydrogens (tertiary/aromatic N) is 1. The number of anilines is 2. The molecule has 0 saturated carbocycles. The van der Waals surface area contributed by atoms with Crippen molar-refractivity contribution in [2.75, 3.05) is 16.7 Å². The van der Waals surface area contributed by atoms with Crippen LogP contribution >= 0.6 is 11.6 Å². The Morgan fingerprint density at radius 3 is 2.11 bits per heavy atom. The number of hydrogen-bond acceptors (Lipinski definition) is 6. The van der Waals surface area contributed by atoms with E-state index in [0.29, 0.717) is 35.7 Å². The average Bonchev–Trinajstić information content (AvgIpc) is 3.60. The zero-order chi connectivity index (χ0) is 31.4. The summed E-state index contributed by atoms with van der Waals surface area (Å²) in [7, 11) is -2.30. The highest BCUT2D eigenvalue weighted by Gasteiger charge is 2.53. The van der Waals surface area contributed by atoms with Gasteiger partial charge in [0.05, 0.1) is 11.8 Å². The van der Waals surface area contributed by atoms with Gasteiger partial charge in [0.15, 0.2) is 0 Å². The lowest BCUT2D eigenvalue weighted by Gasteiger charge is -2.29. The minimum Gasteiger partial charge on any atom is -0.508 e. The fourth-order valence-electron chi connectivity index (χ4n) is 5.87. The minimum absolute atomic E-state index is 0.125. The third-order valence-electron chi connectivity index (χ3n) is 8.15. The standard InChI is InChI=1S/C33H35ClN2O7S/c1-36(25-16-12-23(34)13-17-25)44(41,42)28-20-27-31(21-10-18-26(37)19-11-21)32(33(28)43-27)22-8-14-24(15-9-22)35-29(38)6-4-2-3-5-7-30(39)40/h8-19,27-28,33,37H,2-7,20H2,1H3,(H,35,38)(H,39,40). The second kappa shape index (κ2) is 13.4. The number of phenolic OH excluding ortho intramolecular Hbond substituents is 1. The SMILES string of the molecule is CN(c1ccc(Cl)cc1)S(=O)(=O)C1CC2OC1C(c1ccc(NC(=O)CCCCCCC(=O)O)cc1)=C2c1ccc(O)cc1. The van der Waals surface area contributed by atoms with Crippen LogP contribution < -0.4 is 9.62 Å². The molecule has 0 aromatic heterocycles. The Labute approximate surface area is 262 Å². The van der Waals surface area contributed by atoms with Gasteiger partial charge in [0.2, 0.25) is 15.9 Å². The van der Waals surface area contributed by atoms with Gasteiger partial charge in [-0.2, -0.15) is 0 Å². The van der Waals surface area contributed by atoms with Crippen LogP contribution in [0.1, 0.15) is 56.1 Å². The van der Waals surface area contributed by atoms with Crippen LogP contribution in [0.25, 0.3) is 11.1 Å². The number of carboxylic acids is 1. The van der Waals surface area contributed by atoms with Crippen molar-refractivity contribution in [2.45, 2.75) is 62.4 Å². The number of hydrogen-bond donors (Lipinski definition) is 3. The first kappa shape index (κ1) is 31.6. The molecule has 44 heavy (non-hydrogen) atoms. The molecule has 3 aromatic rings. The molecule has 0 aliphatic carbocycles. The van der Waals surface area contributed by atoms with Crippen LogP contribution in [0, 0.1) is 0 Å². The van der Waals surface area contributed by atoms with Crippen molar-refractivity contribution in [3.05, 3.63) is 88.9 Å². The number of fused-ring (bicyclic) bond motifs is 2. The van der Waals surface area contributed by atoms with E-state index in [4.69, 9.17) is 21.4 Å². The Kier molecular flexibility index (Phi) is 9.62. The Hall–Kier alpha value is -3.86. The number of amides is 1. The molecule has 5 rings (SSSR count). The van der Waals surface area contributed by atoms with Crippen LogP contribution in [0.5, 0.6) is 5.75 Å². The van der Waals surface area contributed by atoms with Crippen molar-refractivity contribution in [1.82, 2.24) is 0 Å². The first-order valence-electron chi connectivity index (χ1n) is 14.6. The van der Waals surface area contributed by atoms with E-state index in [1.54, 1.807) is 60.7 Å². The van der Waals surface area contributed by atoms with Crippen molar-refractivity contribution < 1.29 is 33.0 Å². The maximum absolute atomic E-state index is 13.9. The smallest absolute Gasteiger partial charge is 0.303 e. The van der Waals surface area contributed by atoms with Crippen LogP contribution in [0.15, 0.2) is 72.8 Å². The molecule has 1 saturated heterocycles. The van der Waals surface area contributed by atoms with Gasteiger partial charge in [-0.05, 0) is 90.1 Å². The first-order chi connectivity index (χ1) is 21.0. The Morgan fingerprint density at radius 2 is 1.48 bits per heavy atom. The zero-order valence-corrected chi connectivity index (χ0v) is 25.9. The van der Waals surface area contributed by atoms with Crippen LogP contribution in [0.2, 0.25) is 5.02 Å². The van der Waals surface area contributed by atoms with E-state index in [0.717, 1.165) is 35.1 Å². The average molecular weight is 639 g/mol. The molecule has 232 valence electrons. The molecule has 2 aliphatic rings. The van der Waals surface area contributed by atoms with Crippen molar-refractivity contribution in [3.8, 4) is 5.75 Å². The van der Waals surface area contributed by atoms with Gasteiger partial charge in [0, 0.05) is 30.6 Å². The van der Waals surface area contributed by atoms with E-state index in [2.05, 4.69) is 5.32 Å². The molecular formula is C33H35ClN2O7S. The molecule has 3 atom stereocenters. The summed E-state index contributed by atoms with van der Waals surface area (Å²) in [5.74, 6) is -0.804. The van der Waals surface area contributed by atoms with Crippen LogP contribution in [-0.4, -0.2) is 55.0 Å². The van der Waals surface area contributed by atoms with E-state index in [1.807, 2.05) is 12.1 Å². The van der Waals surface area contributed by atoms with E-state index in [-0.39, 0.29) is 24.5 Å². The van der Waals surface area contributed by atoms with Crippen molar-refractivity contribution in [3.63, 3.8) is 0 Å². The second-order valence-electron chi connectivity index (χ2n) is 11.1. The molecule has 3 aromatic carbocycles. The molecule has 11 heteroatoms. The quantitative estimate of drug-likeness (QED) is 0.186. The molecule has 2 bridgehead atoms. The highest BCUT2D eigenvalue weighted by Crippen LogP contribution is 2.51. The van der Waals surface area contributed by atoms with Gasteiger partial charge in [-0.1, -0.05) is 48.7 Å². The number of phenols is 1. The highest BCUT2D eigenvalue weighted by atomic mass is 35.5. The summed E-state index contributed by atoms with van der Waals surface area (Å²) in [5.41, 5.74) is 4.40. The second-order valence-corrected chi connectivity index (χ2v) is 13.7. The van der Waals surface area contributed by atoms with Gasteiger partial charge >= 0.3 is 5.97 Å². The summed E-state index contributed by atoms with van der Waals surface area (Å²) in [4.78, 5) is 23.1. The van der Waals surface area contributed by atoms with Gasteiger partial charge in [-0.15, -0.1) is 0 Å². The Balaban J connectivity index is 1.36. The number of unbranched alkanes of at least 4 members (excludes halogenated alkanes) is 3. The topological polar surface area (TPSA) is 133 Å². The maximum atomic E-state index is 13.9. The van der Waals surface area contributed by atoms with E-state index >= 15 is 0 Å². The summed E-state index contributed by atoms with van der Waals surface area (Å²) < 4.78 is 35.4. The number of aromatic hydroxyl groups is 1. The predicted molar refractivity (Wildman–Crippen MR) is 171 cm³/mol. The van der Waals surface area contributed by atoms with Crippen molar-refractivity contribution >= 4 is 56.0 Å². The summed E-state index contributed by atoms with van der Waals surface area (Å²) >= 11 is 6.02. The summed E-state index contributed by atoms with van der Waals surface area (Å²) in [6, 6.07) is 20.7. The van der Waals surface area contributed by atoms with Crippen LogP contribution in [0.3, 0.4) is 0 Å². The number of carbonyl (C=O) groups is 2. The van der Waals surface area contributed by atoms with Gasteiger partial charge in [0.1, 0.15) is 17.1 Å². The number of ether oxygens (including phenoxy) is 1. The predicted octanol–water partition coefficient (Wildman–Crippen LogP) is 6.33. The number of benzene rings is 3. The molecule has 3 N–H and O–H groups in total. The number of nitrogens with one attached hydrogen (secondary N) is 1. The lowest BCUT2D eigenvalue weighted by atomic mass is 9.83. The highest BCUT2D eigenvalue weighted by molar-refractivity contribution is 7.93. The number of carboxylic acid groups (broad SMARTS) is 1. The molecule has 0 spiro atoms. The lowest BCUT2D eigenvalue weighted by Crippen LogP contribution is -2.42. The molecule has 1 amide bonds. The number of halogens is 1. The van der Waals surface area contributed by atoms with Crippen molar-refractivity contribution in [2.24, 2.45) is 0 Å². The van der Waals surface area contributed by atoms with E-state index in [9.17, 15) is 23.1 Å². The molecule has 9 nitrogen and oxygen atoms in total. The fourth-order valence-corrected chi connectivity index (χ4v) is 7.75. The molecule has 2 heterocycles. The minimum atomic E-state index is -3.83. The Bertz CT molecular complexity index is 1640. The number of carbonyl (C=O) groups excluding carboxylic acids is 1. The van der Waals surface area contributed by atoms with E-state index in [1.165, 1.54) is 11.4 Å². The molecule has 2 aliphatic heterocycles. The van der Waals surface area contributed by atoms with Gasteiger partial charge in [0.25, 0.3) is 0 Å². The maximum Gasteiger partial charge on any atom is 0.303 e. The largest absolute Gasteiger partial charge is 0.508 e. The lowest BCUT2D eigenvalue weighted by molar-refractivity contribution is -0.137.